The van der Waals surface area contributed by atoms with Gasteiger partial charge in [0.2, 0.25) is 0 Å². The highest BCUT2D eigenvalue weighted by Gasteiger charge is 2.46. The fraction of sp³-hybridized carbons (Fsp3) is 0.385. The van der Waals surface area contributed by atoms with Crippen LogP contribution in [0.1, 0.15) is 18.4 Å². The van der Waals surface area contributed by atoms with Crippen molar-refractivity contribution in [2.75, 3.05) is 13.2 Å². The SMILES string of the molecule is CCOC(=O)[C@@H]1C(=O)N(O)C[C@H]1c1ccccc1. The van der Waals surface area contributed by atoms with E-state index in [-0.39, 0.29) is 19.1 Å². The molecule has 1 saturated heterocycles. The number of esters is 1. The van der Waals surface area contributed by atoms with Crippen LogP contribution in [0, 0.1) is 5.92 Å². The van der Waals surface area contributed by atoms with Crippen molar-refractivity contribution in [3.05, 3.63) is 35.9 Å². The molecule has 96 valence electrons. The van der Waals surface area contributed by atoms with E-state index in [1.54, 1.807) is 6.92 Å². The smallest absolute Gasteiger partial charge is 0.319 e. The molecular weight excluding hydrogens is 234 g/mol. The Morgan fingerprint density at radius 1 is 1.44 bits per heavy atom. The first-order valence-corrected chi connectivity index (χ1v) is 5.87. The van der Waals surface area contributed by atoms with Crippen molar-refractivity contribution in [2.45, 2.75) is 12.8 Å². The van der Waals surface area contributed by atoms with E-state index in [1.807, 2.05) is 30.3 Å². The van der Waals surface area contributed by atoms with E-state index in [0.29, 0.717) is 5.06 Å². The Morgan fingerprint density at radius 3 is 2.72 bits per heavy atom. The predicted molar refractivity (Wildman–Crippen MR) is 62.8 cm³/mol. The molecule has 1 aromatic rings. The minimum atomic E-state index is -0.947. The van der Waals surface area contributed by atoms with Crippen LogP contribution in [0.5, 0.6) is 0 Å². The van der Waals surface area contributed by atoms with Crippen molar-refractivity contribution >= 4 is 11.9 Å². The molecule has 2 atom stereocenters. The number of ether oxygens (including phenoxy) is 1. The van der Waals surface area contributed by atoms with Gasteiger partial charge in [-0.15, -0.1) is 0 Å². The molecule has 1 aliphatic heterocycles. The molecule has 1 amide bonds. The van der Waals surface area contributed by atoms with Gasteiger partial charge >= 0.3 is 5.97 Å². The monoisotopic (exact) mass is 249 g/mol. The summed E-state index contributed by atoms with van der Waals surface area (Å²) >= 11 is 0. The maximum Gasteiger partial charge on any atom is 0.319 e. The number of nitrogens with zero attached hydrogens (tertiary/aromatic N) is 1. The van der Waals surface area contributed by atoms with Gasteiger partial charge in [0.15, 0.2) is 0 Å². The first-order valence-electron chi connectivity index (χ1n) is 5.87. The van der Waals surface area contributed by atoms with Gasteiger partial charge < -0.3 is 4.74 Å². The molecule has 1 aromatic carbocycles. The Morgan fingerprint density at radius 2 is 2.11 bits per heavy atom. The summed E-state index contributed by atoms with van der Waals surface area (Å²) in [5.41, 5.74) is 0.848. The van der Waals surface area contributed by atoms with Gasteiger partial charge in [0.1, 0.15) is 5.92 Å². The predicted octanol–water partition coefficient (Wildman–Crippen LogP) is 1.18. The molecule has 1 heterocycles. The van der Waals surface area contributed by atoms with Crippen LogP contribution >= 0.6 is 0 Å². The lowest BCUT2D eigenvalue weighted by Gasteiger charge is -2.15. The molecule has 0 unspecified atom stereocenters. The molecule has 5 heteroatoms. The van der Waals surface area contributed by atoms with Gasteiger partial charge in [-0.05, 0) is 12.5 Å². The van der Waals surface area contributed by atoms with Crippen LogP contribution in [0.15, 0.2) is 30.3 Å². The minimum Gasteiger partial charge on any atom is -0.465 e. The minimum absolute atomic E-state index is 0.117. The second-order valence-corrected chi connectivity index (χ2v) is 4.17. The first-order chi connectivity index (χ1) is 8.65. The number of rotatable bonds is 3. The van der Waals surface area contributed by atoms with E-state index in [0.717, 1.165) is 5.56 Å². The number of hydrogen-bond donors (Lipinski definition) is 1. The lowest BCUT2D eigenvalue weighted by Crippen LogP contribution is -2.30. The van der Waals surface area contributed by atoms with Gasteiger partial charge in [0, 0.05) is 5.92 Å². The average Bonchev–Trinajstić information content (AvgIpc) is 2.67. The van der Waals surface area contributed by atoms with Gasteiger partial charge in [0.25, 0.3) is 5.91 Å². The third-order valence-electron chi connectivity index (χ3n) is 3.06. The number of benzene rings is 1. The molecule has 0 aliphatic carbocycles. The zero-order valence-corrected chi connectivity index (χ0v) is 10.1. The van der Waals surface area contributed by atoms with Crippen molar-refractivity contribution < 1.29 is 19.5 Å². The van der Waals surface area contributed by atoms with Crippen LogP contribution < -0.4 is 0 Å². The van der Waals surface area contributed by atoms with Gasteiger partial charge in [-0.2, -0.15) is 0 Å². The Hall–Kier alpha value is -1.88. The molecule has 0 aromatic heterocycles. The van der Waals surface area contributed by atoms with Crippen LogP contribution in [-0.4, -0.2) is 35.3 Å². The quantitative estimate of drug-likeness (QED) is 0.496. The van der Waals surface area contributed by atoms with E-state index in [4.69, 9.17) is 4.74 Å². The number of hydroxylamine groups is 2. The first kappa shape index (κ1) is 12.6. The number of hydrogen-bond acceptors (Lipinski definition) is 4. The van der Waals surface area contributed by atoms with Crippen molar-refractivity contribution in [1.82, 2.24) is 5.06 Å². The van der Waals surface area contributed by atoms with Gasteiger partial charge in [-0.3, -0.25) is 14.8 Å². The standard InChI is InChI=1S/C13H15NO4/c1-2-18-13(16)11-10(8-14(17)12(11)15)9-6-4-3-5-7-9/h3-7,10-11,17H,2,8H2,1H3/t10-,11-/m0/s1. The van der Waals surface area contributed by atoms with Gasteiger partial charge in [-0.25, -0.2) is 5.06 Å². The van der Waals surface area contributed by atoms with E-state index in [2.05, 4.69) is 0 Å². The Kier molecular flexibility index (Phi) is 3.62. The summed E-state index contributed by atoms with van der Waals surface area (Å²) in [6.07, 6.45) is 0. The van der Waals surface area contributed by atoms with Crippen LogP contribution in [-0.2, 0) is 14.3 Å². The zero-order valence-electron chi connectivity index (χ0n) is 10.1. The van der Waals surface area contributed by atoms with Crippen LogP contribution in [0.2, 0.25) is 0 Å². The highest BCUT2D eigenvalue weighted by Crippen LogP contribution is 2.33. The molecule has 5 nitrogen and oxygen atoms in total. The van der Waals surface area contributed by atoms with Crippen molar-refractivity contribution in [3.8, 4) is 0 Å². The highest BCUT2D eigenvalue weighted by atomic mass is 16.5. The zero-order chi connectivity index (χ0) is 13.1. The summed E-state index contributed by atoms with van der Waals surface area (Å²) in [5.74, 6) is -2.48. The summed E-state index contributed by atoms with van der Waals surface area (Å²) in [4.78, 5) is 23.6. The average molecular weight is 249 g/mol. The largest absolute Gasteiger partial charge is 0.465 e. The fourth-order valence-corrected chi connectivity index (χ4v) is 2.21. The van der Waals surface area contributed by atoms with Crippen LogP contribution in [0.4, 0.5) is 0 Å². The second-order valence-electron chi connectivity index (χ2n) is 4.17. The summed E-state index contributed by atoms with van der Waals surface area (Å²) < 4.78 is 4.90. The Labute approximate surface area is 105 Å². The molecule has 1 aliphatic rings. The summed E-state index contributed by atoms with van der Waals surface area (Å²) in [6, 6.07) is 9.20. The fourth-order valence-electron chi connectivity index (χ4n) is 2.21. The van der Waals surface area contributed by atoms with Crippen molar-refractivity contribution in [1.29, 1.82) is 0 Å². The van der Waals surface area contributed by atoms with E-state index in [1.165, 1.54) is 0 Å². The lowest BCUT2D eigenvalue weighted by atomic mass is 9.89. The summed E-state index contributed by atoms with van der Waals surface area (Å²) in [7, 11) is 0. The van der Waals surface area contributed by atoms with E-state index >= 15 is 0 Å². The molecule has 18 heavy (non-hydrogen) atoms. The number of carbonyl (C=O) groups is 2. The topological polar surface area (TPSA) is 66.8 Å². The maximum absolute atomic E-state index is 11.8. The number of amides is 1. The third-order valence-corrected chi connectivity index (χ3v) is 3.06. The number of carbonyl (C=O) groups excluding carboxylic acids is 2. The molecule has 0 saturated carbocycles. The summed E-state index contributed by atoms with van der Waals surface area (Å²) in [5, 5.41) is 10.1. The van der Waals surface area contributed by atoms with Gasteiger partial charge in [-0.1, -0.05) is 30.3 Å². The van der Waals surface area contributed by atoms with Gasteiger partial charge in [0.05, 0.1) is 13.2 Å². The van der Waals surface area contributed by atoms with Crippen molar-refractivity contribution in [2.24, 2.45) is 5.92 Å². The van der Waals surface area contributed by atoms with E-state index in [9.17, 15) is 14.8 Å². The second kappa shape index (κ2) is 5.18. The summed E-state index contributed by atoms with van der Waals surface area (Å²) in [6.45, 7) is 2.02. The third kappa shape index (κ3) is 2.22. The molecule has 1 fully saturated rings. The van der Waals surface area contributed by atoms with Crippen LogP contribution in [0.3, 0.4) is 0 Å². The molecule has 2 rings (SSSR count). The molecule has 1 N–H and O–H groups in total. The van der Waals surface area contributed by atoms with Crippen LogP contribution in [0.25, 0.3) is 0 Å². The Balaban J connectivity index is 2.28. The van der Waals surface area contributed by atoms with E-state index < -0.39 is 17.8 Å². The Bertz CT molecular complexity index is 446. The normalized spacial score (nSPS) is 23.2. The maximum atomic E-state index is 11.8. The van der Waals surface area contributed by atoms with Crippen molar-refractivity contribution in [3.63, 3.8) is 0 Å². The molecule has 0 bridgehead atoms. The molecule has 0 spiro atoms. The molecule has 0 radical (unpaired) electrons. The highest BCUT2D eigenvalue weighted by molar-refractivity contribution is 6.00. The molecular formula is C13H15NO4. The lowest BCUT2D eigenvalue weighted by molar-refractivity contribution is -0.165.